The van der Waals surface area contributed by atoms with Gasteiger partial charge in [-0.3, -0.25) is 4.79 Å². The number of carbonyl (C=O) groups excluding carboxylic acids is 1. The lowest BCUT2D eigenvalue weighted by Crippen LogP contribution is -2.19. The minimum atomic E-state index is -4.89. The van der Waals surface area contributed by atoms with Crippen LogP contribution in [0.1, 0.15) is 21.5 Å². The van der Waals surface area contributed by atoms with Crippen LogP contribution < -0.4 is 10.1 Å². The number of aliphatic hydroxyl groups excluding tert-OH is 1. The number of nitrogens with one attached hydrogen (secondary N) is 1. The van der Waals surface area contributed by atoms with Gasteiger partial charge in [0.2, 0.25) is 0 Å². The van der Waals surface area contributed by atoms with E-state index in [0.717, 1.165) is 10.9 Å². The van der Waals surface area contributed by atoms with Crippen molar-refractivity contribution in [2.45, 2.75) is 19.0 Å². The van der Waals surface area contributed by atoms with Crippen LogP contribution in [0.5, 0.6) is 5.75 Å². The Labute approximate surface area is 155 Å². The second-order valence-electron chi connectivity index (χ2n) is 5.36. The van der Waals surface area contributed by atoms with Crippen molar-refractivity contribution in [2.24, 2.45) is 0 Å². The first kappa shape index (κ1) is 18.9. The second kappa shape index (κ2) is 7.76. The van der Waals surface area contributed by atoms with Gasteiger partial charge in [-0.05, 0) is 23.6 Å². The number of carbonyl (C=O) groups is 1. The smallest absolute Gasteiger partial charge is 0.404 e. The highest BCUT2D eigenvalue weighted by Crippen LogP contribution is 2.30. The molecule has 0 fully saturated rings. The Hall–Kier alpha value is -2.92. The molecule has 1 amide bonds. The number of benzene rings is 1. The number of aliphatic hydroxyl groups is 1. The van der Waals surface area contributed by atoms with Crippen LogP contribution in [0.2, 0.25) is 0 Å². The summed E-state index contributed by atoms with van der Waals surface area (Å²) in [5.74, 6) is -1.30. The number of thiophene rings is 1. The van der Waals surface area contributed by atoms with E-state index in [9.17, 15) is 23.1 Å². The minimum Gasteiger partial charge on any atom is -0.404 e. The topological polar surface area (TPSA) is 89.3 Å². The van der Waals surface area contributed by atoms with E-state index in [-0.39, 0.29) is 17.9 Å². The Morgan fingerprint density at radius 2 is 2.07 bits per heavy atom. The van der Waals surface area contributed by atoms with Crippen LogP contribution in [0.15, 0.2) is 48.0 Å². The van der Waals surface area contributed by atoms with E-state index in [1.165, 1.54) is 40.4 Å². The van der Waals surface area contributed by atoms with Crippen molar-refractivity contribution in [3.8, 4) is 5.75 Å². The Kier molecular flexibility index (Phi) is 5.42. The molecule has 0 unspecified atom stereocenters. The van der Waals surface area contributed by atoms with Gasteiger partial charge in [-0.15, -0.1) is 29.6 Å². The molecule has 0 radical (unpaired) electrons. The molecule has 0 aliphatic heterocycles. The molecule has 0 spiro atoms. The van der Waals surface area contributed by atoms with E-state index in [1.807, 2.05) is 5.38 Å². The molecule has 11 heteroatoms. The highest BCUT2D eigenvalue weighted by atomic mass is 32.1. The van der Waals surface area contributed by atoms with Gasteiger partial charge in [-0.1, -0.05) is 23.4 Å². The third kappa shape index (κ3) is 5.05. The predicted octanol–water partition coefficient (Wildman–Crippen LogP) is 3.22. The summed E-state index contributed by atoms with van der Waals surface area (Å²) in [6, 6.07) is 8.70. The molecule has 0 saturated heterocycles. The number of anilines is 1. The highest BCUT2D eigenvalue weighted by Gasteiger charge is 2.32. The third-order valence-corrected chi connectivity index (χ3v) is 4.34. The number of aromatic nitrogens is 3. The van der Waals surface area contributed by atoms with Gasteiger partial charge < -0.3 is 15.2 Å². The quantitative estimate of drug-likeness (QED) is 0.666. The fourth-order valence-corrected chi connectivity index (χ4v) is 2.91. The first-order valence-corrected chi connectivity index (χ1v) is 8.47. The van der Waals surface area contributed by atoms with E-state index in [1.54, 1.807) is 12.1 Å². The molecule has 142 valence electrons. The maximum atomic E-state index is 12.4. The summed E-state index contributed by atoms with van der Waals surface area (Å²) in [5, 5.41) is 21.6. The summed E-state index contributed by atoms with van der Waals surface area (Å²) in [6.07, 6.45) is -4.41. The zero-order chi connectivity index (χ0) is 19.4. The standard InChI is InChI=1S/C16H13F3N4O3S/c17-16(18,19)26-13-5-2-1-4-10(13)20-15(25)11-8-23(22-21-11)9-12(24)14-6-3-7-27-14/h1-8,12,24H,9H2,(H,20,25)/t12-/m1/s1. The van der Waals surface area contributed by atoms with Gasteiger partial charge in [0.05, 0.1) is 18.4 Å². The van der Waals surface area contributed by atoms with Gasteiger partial charge in [0, 0.05) is 4.88 Å². The number of alkyl halides is 3. The third-order valence-electron chi connectivity index (χ3n) is 3.36. The van der Waals surface area contributed by atoms with Crippen LogP contribution in [0.4, 0.5) is 18.9 Å². The maximum Gasteiger partial charge on any atom is 0.573 e. The monoisotopic (exact) mass is 398 g/mol. The Morgan fingerprint density at radius 3 is 2.78 bits per heavy atom. The van der Waals surface area contributed by atoms with Crippen LogP contribution in [0, 0.1) is 0 Å². The first-order chi connectivity index (χ1) is 12.8. The number of ether oxygens (including phenoxy) is 1. The van der Waals surface area contributed by atoms with Gasteiger partial charge >= 0.3 is 6.36 Å². The lowest BCUT2D eigenvalue weighted by atomic mass is 10.3. The zero-order valence-corrected chi connectivity index (χ0v) is 14.4. The summed E-state index contributed by atoms with van der Waals surface area (Å²) < 4.78 is 42.5. The fourth-order valence-electron chi connectivity index (χ4n) is 2.21. The number of para-hydroxylation sites is 2. The zero-order valence-electron chi connectivity index (χ0n) is 13.6. The summed E-state index contributed by atoms with van der Waals surface area (Å²) in [4.78, 5) is 13.0. The molecule has 0 aliphatic rings. The maximum absolute atomic E-state index is 12.4. The van der Waals surface area contributed by atoms with Crippen molar-refractivity contribution < 1.29 is 27.8 Å². The number of halogens is 3. The van der Waals surface area contributed by atoms with Gasteiger partial charge in [0.15, 0.2) is 11.4 Å². The van der Waals surface area contributed by atoms with Gasteiger partial charge in [-0.25, -0.2) is 4.68 Å². The summed E-state index contributed by atoms with van der Waals surface area (Å²) in [7, 11) is 0. The van der Waals surface area contributed by atoms with E-state index in [4.69, 9.17) is 0 Å². The summed E-state index contributed by atoms with van der Waals surface area (Å²) in [6.45, 7) is 0.0779. The lowest BCUT2D eigenvalue weighted by molar-refractivity contribution is -0.274. The number of hydrogen-bond donors (Lipinski definition) is 2. The van der Waals surface area contributed by atoms with E-state index in [2.05, 4.69) is 20.4 Å². The van der Waals surface area contributed by atoms with E-state index in [0.29, 0.717) is 0 Å². The van der Waals surface area contributed by atoms with Crippen molar-refractivity contribution in [1.29, 1.82) is 0 Å². The minimum absolute atomic E-state index is 0.0779. The number of amides is 1. The average molecular weight is 398 g/mol. The van der Waals surface area contributed by atoms with E-state index < -0.39 is 24.1 Å². The van der Waals surface area contributed by atoms with Gasteiger partial charge in [0.25, 0.3) is 5.91 Å². The van der Waals surface area contributed by atoms with Crippen LogP contribution in [0.3, 0.4) is 0 Å². The molecule has 7 nitrogen and oxygen atoms in total. The van der Waals surface area contributed by atoms with Crippen molar-refractivity contribution >= 4 is 22.9 Å². The number of rotatable bonds is 6. The second-order valence-corrected chi connectivity index (χ2v) is 6.33. The van der Waals surface area contributed by atoms with Crippen molar-refractivity contribution in [2.75, 3.05) is 5.32 Å². The van der Waals surface area contributed by atoms with Crippen molar-refractivity contribution in [1.82, 2.24) is 15.0 Å². The Balaban J connectivity index is 1.68. The van der Waals surface area contributed by atoms with Gasteiger partial charge in [0.1, 0.15) is 6.10 Å². The normalized spacial score (nSPS) is 12.6. The Morgan fingerprint density at radius 1 is 1.30 bits per heavy atom. The summed E-state index contributed by atoms with van der Waals surface area (Å²) >= 11 is 1.37. The molecule has 0 saturated carbocycles. The lowest BCUT2D eigenvalue weighted by Gasteiger charge is -2.13. The van der Waals surface area contributed by atoms with Crippen LogP contribution in [0.25, 0.3) is 0 Å². The SMILES string of the molecule is O=C(Nc1ccccc1OC(F)(F)F)c1cn(C[C@@H](O)c2cccs2)nn1. The molecule has 3 rings (SSSR count). The number of nitrogens with zero attached hydrogens (tertiary/aromatic N) is 3. The fraction of sp³-hybridized carbons (Fsp3) is 0.188. The molecule has 3 aromatic rings. The first-order valence-electron chi connectivity index (χ1n) is 7.59. The molecule has 0 bridgehead atoms. The molecule has 2 N–H and O–H groups in total. The van der Waals surface area contributed by atoms with Crippen molar-refractivity contribution in [3.05, 3.63) is 58.5 Å². The predicted molar refractivity (Wildman–Crippen MR) is 90.4 cm³/mol. The van der Waals surface area contributed by atoms with E-state index >= 15 is 0 Å². The van der Waals surface area contributed by atoms with Crippen LogP contribution in [-0.2, 0) is 6.54 Å². The molecule has 2 heterocycles. The molecule has 2 aromatic heterocycles. The Bertz CT molecular complexity index is 912. The molecular formula is C16H13F3N4O3S. The van der Waals surface area contributed by atoms with Crippen molar-refractivity contribution in [3.63, 3.8) is 0 Å². The number of hydrogen-bond acceptors (Lipinski definition) is 6. The summed E-state index contributed by atoms with van der Waals surface area (Å²) in [5.41, 5.74) is -0.275. The molecule has 1 atom stereocenters. The largest absolute Gasteiger partial charge is 0.573 e. The van der Waals surface area contributed by atoms with Crippen LogP contribution >= 0.6 is 11.3 Å². The molecule has 27 heavy (non-hydrogen) atoms. The van der Waals surface area contributed by atoms with Gasteiger partial charge in [-0.2, -0.15) is 0 Å². The molecule has 1 aromatic carbocycles. The average Bonchev–Trinajstić information content (AvgIpc) is 3.26. The molecule has 0 aliphatic carbocycles. The molecular weight excluding hydrogens is 385 g/mol. The van der Waals surface area contributed by atoms with Crippen LogP contribution in [-0.4, -0.2) is 32.4 Å². The highest BCUT2D eigenvalue weighted by molar-refractivity contribution is 7.10.